The van der Waals surface area contributed by atoms with Crippen molar-refractivity contribution in [3.63, 3.8) is 0 Å². The van der Waals surface area contributed by atoms with Crippen molar-refractivity contribution >= 4 is 5.97 Å². The van der Waals surface area contributed by atoms with Gasteiger partial charge in [0.05, 0.1) is 5.56 Å². The monoisotopic (exact) mass is 206 g/mol. The highest BCUT2D eigenvalue weighted by Gasteiger charge is 2.37. The molecule has 0 radical (unpaired) electrons. The predicted octanol–water partition coefficient (Wildman–Crippen LogP) is 3.43. The molecule has 0 aromatic heterocycles. The van der Waals surface area contributed by atoms with Gasteiger partial charge in [-0.2, -0.15) is 0 Å². The van der Waals surface area contributed by atoms with Crippen LogP contribution < -0.4 is 0 Å². The maximum atomic E-state index is 11.4. The van der Waals surface area contributed by atoms with Gasteiger partial charge in [0, 0.05) is 5.56 Å². The molecule has 0 saturated heterocycles. The summed E-state index contributed by atoms with van der Waals surface area (Å²) in [7, 11) is 0. The molecule has 0 unspecified atom stereocenters. The Morgan fingerprint density at radius 2 is 1.80 bits per heavy atom. The van der Waals surface area contributed by atoms with E-state index in [4.69, 9.17) is 4.74 Å². The van der Waals surface area contributed by atoms with E-state index in [1.165, 1.54) is 0 Å². The van der Waals surface area contributed by atoms with Crippen molar-refractivity contribution in [1.29, 1.82) is 0 Å². The number of carbonyl (C=O) groups is 1. The molecule has 82 valence electrons. The molecule has 1 aliphatic rings. The Hall–Kier alpha value is -1.31. The molecule has 0 saturated carbocycles. The summed E-state index contributed by atoms with van der Waals surface area (Å²) in [6.45, 7) is 9.84. The first-order valence-corrected chi connectivity index (χ1v) is 5.35. The van der Waals surface area contributed by atoms with E-state index in [9.17, 15) is 4.79 Å². The highest BCUT2D eigenvalue weighted by Crippen LogP contribution is 2.35. The predicted molar refractivity (Wildman–Crippen MR) is 61.0 cm³/mol. The van der Waals surface area contributed by atoms with Gasteiger partial charge in [-0.05, 0) is 26.8 Å². The number of benzene rings is 1. The van der Waals surface area contributed by atoms with Crippen molar-refractivity contribution in [2.24, 2.45) is 0 Å². The molecule has 15 heavy (non-hydrogen) atoms. The molecule has 1 aromatic carbocycles. The summed E-state index contributed by atoms with van der Waals surface area (Å²) in [5.74, 6) is -0.208. The quantitative estimate of drug-likeness (QED) is 0.608. The summed E-state index contributed by atoms with van der Waals surface area (Å²) < 4.78 is 5.24. The zero-order valence-electron chi connectivity index (χ0n) is 10.0. The lowest BCUT2D eigenvalue weighted by Crippen LogP contribution is -2.16. The fourth-order valence-corrected chi connectivity index (χ4v) is 1.68. The van der Waals surface area contributed by atoms with Crippen LogP contribution in [-0.4, -0.2) is 5.97 Å². The maximum Gasteiger partial charge on any atom is 0.339 e. The van der Waals surface area contributed by atoms with Crippen molar-refractivity contribution in [3.05, 3.63) is 34.9 Å². The molecule has 1 aromatic rings. The van der Waals surface area contributed by atoms with Gasteiger partial charge in [0.25, 0.3) is 0 Å². The summed E-state index contributed by atoms with van der Waals surface area (Å²) in [5, 5.41) is 0. The van der Waals surface area contributed by atoms with E-state index in [0.717, 1.165) is 11.1 Å². The lowest BCUT2D eigenvalue weighted by Gasteiger charge is -2.17. The van der Waals surface area contributed by atoms with Gasteiger partial charge < -0.3 is 4.74 Å². The van der Waals surface area contributed by atoms with Crippen LogP contribution in [0.1, 0.15) is 49.2 Å². The molecule has 0 atom stereocenters. The molecule has 0 amide bonds. The van der Waals surface area contributed by atoms with E-state index in [1.807, 2.05) is 52.8 Å². The molecule has 0 spiro atoms. The molecule has 2 rings (SSSR count). The first kappa shape index (κ1) is 11.8. The molecule has 0 fully saturated rings. The van der Waals surface area contributed by atoms with Crippen LogP contribution in [0.4, 0.5) is 0 Å². The minimum Gasteiger partial charge on any atom is -0.451 e. The third kappa shape index (κ3) is 2.04. The topological polar surface area (TPSA) is 26.3 Å². The number of cyclic esters (lactones) is 1. The van der Waals surface area contributed by atoms with Crippen LogP contribution in [0.3, 0.4) is 0 Å². The van der Waals surface area contributed by atoms with Gasteiger partial charge in [-0.1, -0.05) is 31.5 Å². The number of fused-ring (bicyclic) bond motifs is 1. The summed E-state index contributed by atoms with van der Waals surface area (Å²) >= 11 is 0. The Morgan fingerprint density at radius 3 is 2.40 bits per heavy atom. The maximum absolute atomic E-state index is 11.4. The SMILES string of the molecule is CC.Cc1ccc2c(c1)C(C)(C)OC2=O. The fourth-order valence-electron chi connectivity index (χ4n) is 1.68. The van der Waals surface area contributed by atoms with Gasteiger partial charge in [-0.15, -0.1) is 0 Å². The average Bonchev–Trinajstić information content (AvgIpc) is 2.40. The van der Waals surface area contributed by atoms with Crippen LogP contribution in [0.25, 0.3) is 0 Å². The molecule has 2 heteroatoms. The zero-order chi connectivity index (χ0) is 11.6. The molecule has 0 bridgehead atoms. The van der Waals surface area contributed by atoms with Crippen LogP contribution >= 0.6 is 0 Å². The molecule has 1 heterocycles. The lowest BCUT2D eigenvalue weighted by molar-refractivity contribution is 0.00953. The number of hydrogen-bond acceptors (Lipinski definition) is 2. The molecular weight excluding hydrogens is 188 g/mol. The van der Waals surface area contributed by atoms with Gasteiger partial charge in [-0.3, -0.25) is 0 Å². The van der Waals surface area contributed by atoms with Crippen molar-refractivity contribution < 1.29 is 9.53 Å². The Morgan fingerprint density at radius 1 is 1.20 bits per heavy atom. The first-order chi connectivity index (χ1) is 7.00. The summed E-state index contributed by atoms with van der Waals surface area (Å²) in [4.78, 5) is 11.4. The van der Waals surface area contributed by atoms with E-state index in [2.05, 4.69) is 0 Å². The second-order valence-corrected chi connectivity index (χ2v) is 3.95. The number of ether oxygens (including phenoxy) is 1. The highest BCUT2D eigenvalue weighted by atomic mass is 16.6. The van der Waals surface area contributed by atoms with Gasteiger partial charge in [0.1, 0.15) is 5.60 Å². The normalized spacial score (nSPS) is 16.2. The van der Waals surface area contributed by atoms with Crippen LogP contribution in [0, 0.1) is 6.92 Å². The van der Waals surface area contributed by atoms with E-state index < -0.39 is 5.60 Å². The minimum atomic E-state index is -0.460. The van der Waals surface area contributed by atoms with E-state index in [-0.39, 0.29) is 5.97 Å². The Kier molecular flexibility index (Phi) is 3.18. The number of hydrogen-bond donors (Lipinski definition) is 0. The zero-order valence-corrected chi connectivity index (χ0v) is 10.0. The lowest BCUT2D eigenvalue weighted by atomic mass is 9.94. The second-order valence-electron chi connectivity index (χ2n) is 3.95. The van der Waals surface area contributed by atoms with Crippen LogP contribution in [0.2, 0.25) is 0 Å². The van der Waals surface area contributed by atoms with Gasteiger partial charge >= 0.3 is 5.97 Å². The van der Waals surface area contributed by atoms with Crippen molar-refractivity contribution in [3.8, 4) is 0 Å². The number of aryl methyl sites for hydroxylation is 1. The number of esters is 1. The number of rotatable bonds is 0. The van der Waals surface area contributed by atoms with E-state index in [1.54, 1.807) is 0 Å². The summed E-state index contributed by atoms with van der Waals surface area (Å²) in [6.07, 6.45) is 0. The second kappa shape index (κ2) is 4.05. The fraction of sp³-hybridized carbons (Fsp3) is 0.462. The largest absolute Gasteiger partial charge is 0.451 e. The molecule has 0 N–H and O–H groups in total. The van der Waals surface area contributed by atoms with E-state index in [0.29, 0.717) is 5.56 Å². The smallest absolute Gasteiger partial charge is 0.339 e. The average molecular weight is 206 g/mol. The van der Waals surface area contributed by atoms with Crippen LogP contribution in [0.5, 0.6) is 0 Å². The first-order valence-electron chi connectivity index (χ1n) is 5.35. The molecule has 2 nitrogen and oxygen atoms in total. The summed E-state index contributed by atoms with van der Waals surface area (Å²) in [5.41, 5.74) is 2.40. The van der Waals surface area contributed by atoms with Crippen LogP contribution in [-0.2, 0) is 10.3 Å². The third-order valence-electron chi connectivity index (χ3n) is 2.39. The summed E-state index contributed by atoms with van der Waals surface area (Å²) in [6, 6.07) is 5.78. The van der Waals surface area contributed by atoms with Crippen molar-refractivity contribution in [1.82, 2.24) is 0 Å². The Bertz CT molecular complexity index is 378. The van der Waals surface area contributed by atoms with Gasteiger partial charge in [-0.25, -0.2) is 4.79 Å². The van der Waals surface area contributed by atoms with E-state index >= 15 is 0 Å². The third-order valence-corrected chi connectivity index (χ3v) is 2.39. The number of carbonyl (C=O) groups excluding carboxylic acids is 1. The molecule has 1 aliphatic heterocycles. The minimum absolute atomic E-state index is 0.208. The Labute approximate surface area is 91.3 Å². The highest BCUT2D eigenvalue weighted by molar-refractivity contribution is 5.94. The van der Waals surface area contributed by atoms with Crippen molar-refractivity contribution in [2.45, 2.75) is 40.2 Å². The molecule has 0 aliphatic carbocycles. The van der Waals surface area contributed by atoms with Gasteiger partial charge in [0.2, 0.25) is 0 Å². The van der Waals surface area contributed by atoms with Crippen LogP contribution in [0.15, 0.2) is 18.2 Å². The Balaban J connectivity index is 0.000000531. The van der Waals surface area contributed by atoms with Gasteiger partial charge in [0.15, 0.2) is 0 Å². The van der Waals surface area contributed by atoms with Crippen molar-refractivity contribution in [2.75, 3.05) is 0 Å². The standard InChI is InChI=1S/C11H12O2.C2H6/c1-7-4-5-8-9(6-7)11(2,3)13-10(8)12;1-2/h4-6H,1-3H3;1-2H3. The molecular formula is C13H18O2.